The van der Waals surface area contributed by atoms with E-state index in [9.17, 15) is 4.79 Å². The minimum absolute atomic E-state index is 0.00360. The second kappa shape index (κ2) is 6.63. The van der Waals surface area contributed by atoms with Gasteiger partial charge in [0.1, 0.15) is 11.1 Å². The predicted molar refractivity (Wildman–Crippen MR) is 90.7 cm³/mol. The molecule has 0 unspecified atom stereocenters. The summed E-state index contributed by atoms with van der Waals surface area (Å²) >= 11 is 7.84. The number of para-hydroxylation sites is 1. The average Bonchev–Trinajstić information content (AvgIpc) is 3.03. The van der Waals surface area contributed by atoms with E-state index in [0.29, 0.717) is 16.3 Å². The Labute approximate surface area is 139 Å². The van der Waals surface area contributed by atoms with Gasteiger partial charge < -0.3 is 9.64 Å². The smallest absolute Gasteiger partial charge is 0.258 e. The highest BCUT2D eigenvalue weighted by Gasteiger charge is 2.32. The summed E-state index contributed by atoms with van der Waals surface area (Å²) in [5.74, 6) is 1.51. The van der Waals surface area contributed by atoms with Crippen molar-refractivity contribution in [2.75, 3.05) is 19.4 Å². The summed E-state index contributed by atoms with van der Waals surface area (Å²) in [6.45, 7) is 0.721. The van der Waals surface area contributed by atoms with E-state index in [0.717, 1.165) is 17.9 Å². The third-order valence-electron chi connectivity index (χ3n) is 3.62. The van der Waals surface area contributed by atoms with Crippen LogP contribution >= 0.6 is 23.4 Å². The van der Waals surface area contributed by atoms with E-state index in [2.05, 4.69) is 0 Å². The number of rotatable bonds is 3. The van der Waals surface area contributed by atoms with Gasteiger partial charge in [0.25, 0.3) is 5.91 Å². The Morgan fingerprint density at radius 1 is 1.27 bits per heavy atom. The number of methoxy groups -OCH3 is 1. The van der Waals surface area contributed by atoms with Gasteiger partial charge in [-0.15, -0.1) is 11.8 Å². The fourth-order valence-corrected chi connectivity index (χ4v) is 4.03. The fourth-order valence-electron chi connectivity index (χ4n) is 2.59. The number of halogens is 1. The van der Waals surface area contributed by atoms with E-state index in [-0.39, 0.29) is 11.3 Å². The lowest BCUT2D eigenvalue weighted by atomic mass is 10.1. The van der Waals surface area contributed by atoms with Crippen LogP contribution in [0.1, 0.15) is 21.3 Å². The number of amides is 1. The van der Waals surface area contributed by atoms with Crippen molar-refractivity contribution < 1.29 is 9.53 Å². The Morgan fingerprint density at radius 3 is 2.86 bits per heavy atom. The number of carbonyl (C=O) groups excluding carboxylic acids is 1. The first-order valence-corrected chi connectivity index (χ1v) is 8.44. The molecule has 0 aromatic heterocycles. The molecule has 114 valence electrons. The number of carbonyl (C=O) groups is 1. The molecule has 0 radical (unpaired) electrons. The van der Waals surface area contributed by atoms with Gasteiger partial charge >= 0.3 is 0 Å². The minimum atomic E-state index is -0.00701. The van der Waals surface area contributed by atoms with E-state index >= 15 is 0 Å². The third kappa shape index (κ3) is 2.94. The maximum absolute atomic E-state index is 12.9. The van der Waals surface area contributed by atoms with Crippen LogP contribution in [0.15, 0.2) is 48.5 Å². The summed E-state index contributed by atoms with van der Waals surface area (Å²) in [6, 6.07) is 15.0. The van der Waals surface area contributed by atoms with Crippen molar-refractivity contribution in [3.8, 4) is 5.75 Å². The highest BCUT2D eigenvalue weighted by Crippen LogP contribution is 2.40. The molecule has 2 aromatic carbocycles. The van der Waals surface area contributed by atoms with Crippen LogP contribution in [0.5, 0.6) is 5.75 Å². The summed E-state index contributed by atoms with van der Waals surface area (Å²) in [4.78, 5) is 14.8. The van der Waals surface area contributed by atoms with E-state index in [1.54, 1.807) is 24.9 Å². The van der Waals surface area contributed by atoms with E-state index in [4.69, 9.17) is 16.3 Å². The van der Waals surface area contributed by atoms with Crippen LogP contribution < -0.4 is 4.74 Å². The molecule has 1 heterocycles. The molecule has 3 rings (SSSR count). The summed E-state index contributed by atoms with van der Waals surface area (Å²) in [5.41, 5.74) is 1.65. The molecule has 1 saturated heterocycles. The van der Waals surface area contributed by atoms with Crippen molar-refractivity contribution in [1.29, 1.82) is 0 Å². The van der Waals surface area contributed by atoms with Crippen LogP contribution in [0, 0.1) is 0 Å². The van der Waals surface area contributed by atoms with Crippen molar-refractivity contribution >= 4 is 29.3 Å². The summed E-state index contributed by atoms with van der Waals surface area (Å²) < 4.78 is 5.31. The fraction of sp³-hybridized carbons (Fsp3) is 0.235. The summed E-state index contributed by atoms with van der Waals surface area (Å²) in [5, 5.41) is 0.686. The van der Waals surface area contributed by atoms with E-state index < -0.39 is 0 Å². The lowest BCUT2D eigenvalue weighted by Gasteiger charge is -2.25. The van der Waals surface area contributed by atoms with Crippen LogP contribution in [0.3, 0.4) is 0 Å². The van der Waals surface area contributed by atoms with Crippen molar-refractivity contribution in [3.05, 3.63) is 64.7 Å². The Hall–Kier alpha value is -1.65. The van der Waals surface area contributed by atoms with Gasteiger partial charge in [-0.25, -0.2) is 0 Å². The lowest BCUT2D eigenvalue weighted by molar-refractivity contribution is 0.0757. The molecule has 22 heavy (non-hydrogen) atoms. The third-order valence-corrected chi connectivity index (χ3v) is 5.12. The Kier molecular flexibility index (Phi) is 4.60. The maximum Gasteiger partial charge on any atom is 0.258 e. The summed E-state index contributed by atoms with van der Waals surface area (Å²) in [6.07, 6.45) is 0. The predicted octanol–water partition coefficient (Wildman–Crippen LogP) is 4.24. The number of benzene rings is 2. The Bertz CT molecular complexity index is 692. The first kappa shape index (κ1) is 15.3. The molecule has 0 saturated carbocycles. The molecule has 0 spiro atoms. The monoisotopic (exact) mass is 333 g/mol. The lowest BCUT2D eigenvalue weighted by Crippen LogP contribution is -2.30. The van der Waals surface area contributed by atoms with Gasteiger partial charge in [0.15, 0.2) is 0 Å². The first-order valence-electron chi connectivity index (χ1n) is 7.02. The quantitative estimate of drug-likeness (QED) is 0.841. The van der Waals surface area contributed by atoms with E-state index in [1.807, 2.05) is 47.4 Å². The molecule has 3 nitrogen and oxygen atoms in total. The molecule has 1 aliphatic heterocycles. The number of ether oxygens (including phenoxy) is 1. The molecule has 2 aromatic rings. The molecule has 1 atom stereocenters. The van der Waals surface area contributed by atoms with Crippen LogP contribution in [-0.4, -0.2) is 30.2 Å². The maximum atomic E-state index is 12.9. The number of hydrogen-bond acceptors (Lipinski definition) is 3. The van der Waals surface area contributed by atoms with Gasteiger partial charge in [-0.3, -0.25) is 4.79 Å². The zero-order valence-electron chi connectivity index (χ0n) is 12.2. The zero-order valence-corrected chi connectivity index (χ0v) is 13.7. The van der Waals surface area contributed by atoms with Gasteiger partial charge in [0.05, 0.1) is 12.7 Å². The standard InChI is InChI=1S/C17H16ClNO2S/c1-21-15-8-3-2-7-14(15)16(20)19-9-10-22-17(19)12-5-4-6-13(18)11-12/h2-8,11,17H,9-10H2,1H3/t17-/m1/s1. The molecule has 1 amide bonds. The van der Waals surface area contributed by atoms with Gasteiger partial charge in [-0.05, 0) is 29.8 Å². The topological polar surface area (TPSA) is 29.5 Å². The van der Waals surface area contributed by atoms with E-state index in [1.165, 1.54) is 0 Å². The van der Waals surface area contributed by atoms with Gasteiger partial charge in [-0.2, -0.15) is 0 Å². The molecule has 1 fully saturated rings. The largest absolute Gasteiger partial charge is 0.496 e. The normalized spacial score (nSPS) is 17.5. The van der Waals surface area contributed by atoms with Crippen molar-refractivity contribution in [3.63, 3.8) is 0 Å². The molecule has 0 bridgehead atoms. The SMILES string of the molecule is COc1ccccc1C(=O)N1CCS[C@@H]1c1cccc(Cl)c1. The van der Waals surface area contributed by atoms with Gasteiger partial charge in [-0.1, -0.05) is 35.9 Å². The zero-order chi connectivity index (χ0) is 15.5. The van der Waals surface area contributed by atoms with Crippen LogP contribution in [0.2, 0.25) is 5.02 Å². The number of nitrogens with zero attached hydrogens (tertiary/aromatic N) is 1. The average molecular weight is 334 g/mol. The van der Waals surface area contributed by atoms with Gasteiger partial charge in [0.2, 0.25) is 0 Å². The highest BCUT2D eigenvalue weighted by molar-refractivity contribution is 7.99. The van der Waals surface area contributed by atoms with Gasteiger partial charge in [0, 0.05) is 17.3 Å². The van der Waals surface area contributed by atoms with Crippen molar-refractivity contribution in [2.24, 2.45) is 0 Å². The molecule has 1 aliphatic rings. The number of thioether (sulfide) groups is 1. The summed E-state index contributed by atoms with van der Waals surface area (Å²) in [7, 11) is 1.58. The van der Waals surface area contributed by atoms with Crippen molar-refractivity contribution in [2.45, 2.75) is 5.37 Å². The molecular formula is C17H16ClNO2S. The van der Waals surface area contributed by atoms with Crippen LogP contribution in [0.4, 0.5) is 0 Å². The first-order chi connectivity index (χ1) is 10.7. The molecule has 0 N–H and O–H groups in total. The molecule has 0 aliphatic carbocycles. The molecule has 5 heteroatoms. The number of hydrogen-bond donors (Lipinski definition) is 0. The second-order valence-electron chi connectivity index (χ2n) is 4.98. The Morgan fingerprint density at radius 2 is 2.09 bits per heavy atom. The Balaban J connectivity index is 1.91. The second-order valence-corrected chi connectivity index (χ2v) is 6.60. The molecular weight excluding hydrogens is 318 g/mol. The van der Waals surface area contributed by atoms with Crippen LogP contribution in [0.25, 0.3) is 0 Å². The minimum Gasteiger partial charge on any atom is -0.496 e. The van der Waals surface area contributed by atoms with Crippen LogP contribution in [-0.2, 0) is 0 Å². The van der Waals surface area contributed by atoms with Crippen molar-refractivity contribution in [1.82, 2.24) is 4.90 Å². The highest BCUT2D eigenvalue weighted by atomic mass is 35.5.